The summed E-state index contributed by atoms with van der Waals surface area (Å²) in [5, 5.41) is 5.75. The highest BCUT2D eigenvalue weighted by Gasteiger charge is 2.08. The Balaban J connectivity index is 3.65. The van der Waals surface area contributed by atoms with Gasteiger partial charge in [0.25, 0.3) is 0 Å². The summed E-state index contributed by atoms with van der Waals surface area (Å²) in [4.78, 5) is 11.3. The van der Waals surface area contributed by atoms with Gasteiger partial charge in [-0.25, -0.2) is 4.79 Å². The van der Waals surface area contributed by atoms with Crippen LogP contribution in [-0.4, -0.2) is 18.6 Å². The number of hydrogen-bond acceptors (Lipinski definition) is 1. The van der Waals surface area contributed by atoms with Gasteiger partial charge >= 0.3 is 6.03 Å². The van der Waals surface area contributed by atoms with Crippen LogP contribution in [0.2, 0.25) is 0 Å². The Morgan fingerprint density at radius 1 is 1.27 bits per heavy atom. The molecule has 3 heteroatoms. The largest absolute Gasteiger partial charge is 0.338 e. The highest BCUT2D eigenvalue weighted by atomic mass is 16.2. The van der Waals surface area contributed by atoms with E-state index in [0.717, 1.165) is 13.0 Å². The van der Waals surface area contributed by atoms with Crippen LogP contribution in [0, 0.1) is 5.92 Å². The Bertz CT molecular complexity index is 169. The molecule has 1 unspecified atom stereocenters. The highest BCUT2D eigenvalue weighted by molar-refractivity contribution is 5.74. The van der Waals surface area contributed by atoms with Crippen molar-refractivity contribution in [3.63, 3.8) is 0 Å². The van der Waals surface area contributed by atoms with Crippen molar-refractivity contribution in [2.75, 3.05) is 6.54 Å². The summed E-state index contributed by atoms with van der Waals surface area (Å²) < 4.78 is 0. The van der Waals surface area contributed by atoms with E-state index in [1.165, 1.54) is 19.3 Å². The zero-order chi connectivity index (χ0) is 11.7. The first-order valence-corrected chi connectivity index (χ1v) is 6.14. The van der Waals surface area contributed by atoms with E-state index in [1.807, 2.05) is 13.8 Å². The van der Waals surface area contributed by atoms with Crippen molar-refractivity contribution in [3.8, 4) is 0 Å². The summed E-state index contributed by atoms with van der Waals surface area (Å²) in [6.45, 7) is 9.12. The SMILES string of the molecule is CCCCC(CC)CNC(=O)NC(C)C. The third-order valence-corrected chi connectivity index (χ3v) is 2.51. The van der Waals surface area contributed by atoms with E-state index in [-0.39, 0.29) is 12.1 Å². The van der Waals surface area contributed by atoms with Crippen molar-refractivity contribution < 1.29 is 4.79 Å². The molecule has 15 heavy (non-hydrogen) atoms. The highest BCUT2D eigenvalue weighted by Crippen LogP contribution is 2.10. The topological polar surface area (TPSA) is 41.1 Å². The van der Waals surface area contributed by atoms with Crippen LogP contribution >= 0.6 is 0 Å². The lowest BCUT2D eigenvalue weighted by Gasteiger charge is -2.16. The Labute approximate surface area is 94.0 Å². The monoisotopic (exact) mass is 214 g/mol. The normalized spacial score (nSPS) is 12.6. The molecule has 0 aliphatic carbocycles. The third-order valence-electron chi connectivity index (χ3n) is 2.51. The minimum Gasteiger partial charge on any atom is -0.338 e. The van der Waals surface area contributed by atoms with Gasteiger partial charge < -0.3 is 10.6 Å². The van der Waals surface area contributed by atoms with E-state index in [1.54, 1.807) is 0 Å². The number of amides is 2. The molecule has 0 aromatic carbocycles. The number of carbonyl (C=O) groups excluding carboxylic acids is 1. The number of carbonyl (C=O) groups is 1. The van der Waals surface area contributed by atoms with E-state index >= 15 is 0 Å². The van der Waals surface area contributed by atoms with Crippen molar-refractivity contribution in [3.05, 3.63) is 0 Å². The average Bonchev–Trinajstić information content (AvgIpc) is 2.17. The minimum atomic E-state index is -0.0417. The van der Waals surface area contributed by atoms with E-state index in [9.17, 15) is 4.79 Å². The first kappa shape index (κ1) is 14.3. The molecular formula is C12H26N2O. The Hall–Kier alpha value is -0.730. The number of urea groups is 1. The van der Waals surface area contributed by atoms with Crippen LogP contribution in [0.1, 0.15) is 53.4 Å². The fourth-order valence-corrected chi connectivity index (χ4v) is 1.49. The van der Waals surface area contributed by atoms with Gasteiger partial charge in [-0.3, -0.25) is 0 Å². The fourth-order valence-electron chi connectivity index (χ4n) is 1.49. The quantitative estimate of drug-likeness (QED) is 0.672. The lowest BCUT2D eigenvalue weighted by molar-refractivity contribution is 0.236. The van der Waals surface area contributed by atoms with Gasteiger partial charge in [0, 0.05) is 12.6 Å². The first-order chi connectivity index (χ1) is 7.10. The van der Waals surface area contributed by atoms with Crippen LogP contribution in [0.3, 0.4) is 0 Å². The fraction of sp³-hybridized carbons (Fsp3) is 0.917. The Morgan fingerprint density at radius 3 is 2.40 bits per heavy atom. The van der Waals surface area contributed by atoms with Crippen LogP contribution in [0.25, 0.3) is 0 Å². The smallest absolute Gasteiger partial charge is 0.314 e. The van der Waals surface area contributed by atoms with Gasteiger partial charge in [0.15, 0.2) is 0 Å². The van der Waals surface area contributed by atoms with Crippen molar-refractivity contribution in [2.45, 2.75) is 59.4 Å². The zero-order valence-electron chi connectivity index (χ0n) is 10.6. The second-order valence-electron chi connectivity index (χ2n) is 4.43. The van der Waals surface area contributed by atoms with Crippen LogP contribution in [0.4, 0.5) is 4.79 Å². The Morgan fingerprint density at radius 2 is 1.93 bits per heavy atom. The van der Waals surface area contributed by atoms with Gasteiger partial charge in [-0.05, 0) is 26.2 Å². The summed E-state index contributed by atoms with van der Waals surface area (Å²) in [6, 6.07) is 0.167. The van der Waals surface area contributed by atoms with Gasteiger partial charge in [-0.15, -0.1) is 0 Å². The molecule has 0 aliphatic heterocycles. The first-order valence-electron chi connectivity index (χ1n) is 6.14. The molecular weight excluding hydrogens is 188 g/mol. The average molecular weight is 214 g/mol. The van der Waals surface area contributed by atoms with Crippen molar-refractivity contribution in [1.29, 1.82) is 0 Å². The van der Waals surface area contributed by atoms with Gasteiger partial charge in [-0.2, -0.15) is 0 Å². The summed E-state index contributed by atoms with van der Waals surface area (Å²) in [6.07, 6.45) is 4.84. The molecule has 0 bridgehead atoms. The molecule has 0 aliphatic rings. The number of nitrogens with one attached hydrogen (secondary N) is 2. The molecule has 0 heterocycles. The van der Waals surface area contributed by atoms with Gasteiger partial charge in [0.2, 0.25) is 0 Å². The maximum atomic E-state index is 11.3. The molecule has 0 saturated carbocycles. The van der Waals surface area contributed by atoms with E-state index in [0.29, 0.717) is 5.92 Å². The van der Waals surface area contributed by atoms with Crippen molar-refractivity contribution >= 4 is 6.03 Å². The van der Waals surface area contributed by atoms with E-state index in [2.05, 4.69) is 24.5 Å². The number of unbranched alkanes of at least 4 members (excludes halogenated alkanes) is 1. The van der Waals surface area contributed by atoms with Crippen LogP contribution < -0.4 is 10.6 Å². The van der Waals surface area contributed by atoms with E-state index < -0.39 is 0 Å². The maximum absolute atomic E-state index is 11.3. The summed E-state index contributed by atoms with van der Waals surface area (Å²) in [5.74, 6) is 0.628. The van der Waals surface area contributed by atoms with Crippen LogP contribution in [0.15, 0.2) is 0 Å². The zero-order valence-corrected chi connectivity index (χ0v) is 10.6. The number of hydrogen-bond donors (Lipinski definition) is 2. The second-order valence-corrected chi connectivity index (χ2v) is 4.43. The van der Waals surface area contributed by atoms with Crippen LogP contribution in [0.5, 0.6) is 0 Å². The summed E-state index contributed by atoms with van der Waals surface area (Å²) in [7, 11) is 0. The lowest BCUT2D eigenvalue weighted by atomic mass is 9.99. The van der Waals surface area contributed by atoms with Crippen molar-refractivity contribution in [2.24, 2.45) is 5.92 Å². The molecule has 2 amide bonds. The van der Waals surface area contributed by atoms with Gasteiger partial charge in [0.05, 0.1) is 0 Å². The molecule has 0 fully saturated rings. The maximum Gasteiger partial charge on any atom is 0.314 e. The molecule has 90 valence electrons. The second kappa shape index (κ2) is 8.57. The third kappa shape index (κ3) is 8.28. The molecule has 3 nitrogen and oxygen atoms in total. The predicted octanol–water partition coefficient (Wildman–Crippen LogP) is 2.91. The predicted molar refractivity (Wildman–Crippen MR) is 65.0 cm³/mol. The van der Waals surface area contributed by atoms with E-state index in [4.69, 9.17) is 0 Å². The molecule has 2 N–H and O–H groups in total. The van der Waals surface area contributed by atoms with Crippen molar-refractivity contribution in [1.82, 2.24) is 10.6 Å². The Kier molecular flexibility index (Phi) is 8.15. The molecule has 0 spiro atoms. The molecule has 0 saturated heterocycles. The van der Waals surface area contributed by atoms with Crippen LogP contribution in [-0.2, 0) is 0 Å². The standard InChI is InChI=1S/C12H26N2O/c1-5-7-8-11(6-2)9-13-12(15)14-10(3)4/h10-11H,5-9H2,1-4H3,(H2,13,14,15). The molecule has 0 aromatic rings. The summed E-state index contributed by atoms with van der Waals surface area (Å²) in [5.41, 5.74) is 0. The van der Waals surface area contributed by atoms with Gasteiger partial charge in [-0.1, -0.05) is 33.1 Å². The van der Waals surface area contributed by atoms with Gasteiger partial charge in [0.1, 0.15) is 0 Å². The molecule has 0 rings (SSSR count). The molecule has 1 atom stereocenters. The lowest BCUT2D eigenvalue weighted by Crippen LogP contribution is -2.41. The number of rotatable bonds is 7. The molecule has 0 aromatic heterocycles. The molecule has 0 radical (unpaired) electrons. The minimum absolute atomic E-state index is 0.0417. The summed E-state index contributed by atoms with van der Waals surface area (Å²) >= 11 is 0.